The summed E-state index contributed by atoms with van der Waals surface area (Å²) in [5.74, 6) is 0. The maximum atomic E-state index is 11.3. The lowest BCUT2D eigenvalue weighted by Gasteiger charge is -2.02. The van der Waals surface area contributed by atoms with Gasteiger partial charge >= 0.3 is 5.69 Å². The predicted molar refractivity (Wildman–Crippen MR) is 52.8 cm³/mol. The van der Waals surface area contributed by atoms with Crippen molar-refractivity contribution < 1.29 is 0 Å². The SMILES string of the molecule is CCCNCCn1ccn(C)c1=O. The smallest absolute Gasteiger partial charge is 0.315 e. The fourth-order valence-corrected chi connectivity index (χ4v) is 1.18. The van der Waals surface area contributed by atoms with E-state index >= 15 is 0 Å². The number of imidazole rings is 1. The normalized spacial score (nSPS) is 10.6. The molecule has 0 amide bonds. The van der Waals surface area contributed by atoms with Crippen molar-refractivity contribution in [1.82, 2.24) is 14.5 Å². The van der Waals surface area contributed by atoms with Gasteiger partial charge in [-0.3, -0.25) is 4.57 Å². The quantitative estimate of drug-likeness (QED) is 0.662. The molecule has 4 heteroatoms. The second kappa shape index (κ2) is 4.87. The lowest BCUT2D eigenvalue weighted by atomic mass is 10.5. The zero-order valence-electron chi connectivity index (χ0n) is 8.29. The van der Waals surface area contributed by atoms with Gasteiger partial charge in [0.2, 0.25) is 0 Å². The van der Waals surface area contributed by atoms with Crippen LogP contribution in [0.5, 0.6) is 0 Å². The zero-order chi connectivity index (χ0) is 9.68. The summed E-state index contributed by atoms with van der Waals surface area (Å²) in [6.45, 7) is 4.75. The number of aryl methyl sites for hydroxylation is 1. The van der Waals surface area contributed by atoms with E-state index in [1.54, 1.807) is 22.4 Å². The van der Waals surface area contributed by atoms with Gasteiger partial charge in [-0.05, 0) is 13.0 Å². The van der Waals surface area contributed by atoms with Crippen molar-refractivity contribution in [3.63, 3.8) is 0 Å². The van der Waals surface area contributed by atoms with Crippen LogP contribution in [-0.4, -0.2) is 22.2 Å². The first kappa shape index (κ1) is 10.1. The number of nitrogens with zero attached hydrogens (tertiary/aromatic N) is 2. The summed E-state index contributed by atoms with van der Waals surface area (Å²) in [4.78, 5) is 11.3. The molecule has 13 heavy (non-hydrogen) atoms. The second-order valence-electron chi connectivity index (χ2n) is 3.14. The van der Waals surface area contributed by atoms with Crippen LogP contribution in [0.2, 0.25) is 0 Å². The summed E-state index contributed by atoms with van der Waals surface area (Å²) in [6.07, 6.45) is 4.72. The van der Waals surface area contributed by atoms with Crippen LogP contribution in [0.1, 0.15) is 13.3 Å². The van der Waals surface area contributed by atoms with Crippen LogP contribution < -0.4 is 11.0 Å². The third-order valence-electron chi connectivity index (χ3n) is 1.97. The number of nitrogens with one attached hydrogen (secondary N) is 1. The molecule has 0 saturated heterocycles. The summed E-state index contributed by atoms with van der Waals surface area (Å²) in [7, 11) is 1.76. The first-order valence-corrected chi connectivity index (χ1v) is 4.68. The van der Waals surface area contributed by atoms with Gasteiger partial charge in [0.25, 0.3) is 0 Å². The summed E-state index contributed by atoms with van der Waals surface area (Å²) in [6, 6.07) is 0. The van der Waals surface area contributed by atoms with Crippen molar-refractivity contribution in [3.8, 4) is 0 Å². The largest absolute Gasteiger partial charge is 0.327 e. The van der Waals surface area contributed by atoms with Gasteiger partial charge in [0, 0.05) is 32.5 Å². The fourth-order valence-electron chi connectivity index (χ4n) is 1.18. The summed E-state index contributed by atoms with van der Waals surface area (Å²) in [5.41, 5.74) is 0.0540. The molecule has 1 aromatic heterocycles. The lowest BCUT2D eigenvalue weighted by molar-refractivity contribution is 0.576. The van der Waals surface area contributed by atoms with Crippen molar-refractivity contribution in [3.05, 3.63) is 22.9 Å². The Morgan fingerprint density at radius 1 is 1.38 bits per heavy atom. The molecule has 0 unspecified atom stereocenters. The molecule has 0 saturated carbocycles. The molecule has 4 nitrogen and oxygen atoms in total. The number of hydrogen-bond acceptors (Lipinski definition) is 2. The highest BCUT2D eigenvalue weighted by molar-refractivity contribution is 4.79. The van der Waals surface area contributed by atoms with Gasteiger partial charge in [0.1, 0.15) is 0 Å². The molecule has 1 N–H and O–H groups in total. The number of rotatable bonds is 5. The first-order valence-electron chi connectivity index (χ1n) is 4.68. The van der Waals surface area contributed by atoms with Crippen molar-refractivity contribution in [2.45, 2.75) is 19.9 Å². The van der Waals surface area contributed by atoms with E-state index in [-0.39, 0.29) is 5.69 Å². The van der Waals surface area contributed by atoms with E-state index < -0.39 is 0 Å². The molecule has 0 aliphatic rings. The molecule has 0 atom stereocenters. The molecular weight excluding hydrogens is 166 g/mol. The van der Waals surface area contributed by atoms with Crippen LogP contribution in [0.3, 0.4) is 0 Å². The van der Waals surface area contributed by atoms with E-state index in [9.17, 15) is 4.79 Å². The van der Waals surface area contributed by atoms with E-state index in [1.165, 1.54) is 0 Å². The van der Waals surface area contributed by atoms with Gasteiger partial charge < -0.3 is 9.88 Å². The highest BCUT2D eigenvalue weighted by Gasteiger charge is 1.97. The van der Waals surface area contributed by atoms with Crippen molar-refractivity contribution in [1.29, 1.82) is 0 Å². The summed E-state index contributed by atoms with van der Waals surface area (Å²) >= 11 is 0. The second-order valence-corrected chi connectivity index (χ2v) is 3.14. The Hall–Kier alpha value is -1.03. The maximum absolute atomic E-state index is 11.3. The minimum absolute atomic E-state index is 0.0540. The van der Waals surface area contributed by atoms with E-state index in [0.717, 1.165) is 26.1 Å². The van der Waals surface area contributed by atoms with Gasteiger partial charge in [-0.1, -0.05) is 6.92 Å². The fraction of sp³-hybridized carbons (Fsp3) is 0.667. The van der Waals surface area contributed by atoms with Crippen LogP contribution in [0.4, 0.5) is 0 Å². The van der Waals surface area contributed by atoms with Crippen LogP contribution in [0.25, 0.3) is 0 Å². The third-order valence-corrected chi connectivity index (χ3v) is 1.97. The van der Waals surface area contributed by atoms with Crippen LogP contribution in [0, 0.1) is 0 Å². The summed E-state index contributed by atoms with van der Waals surface area (Å²) in [5, 5.41) is 3.25. The molecule has 0 bridgehead atoms. The topological polar surface area (TPSA) is 39.0 Å². The number of aromatic nitrogens is 2. The van der Waals surface area contributed by atoms with Crippen molar-refractivity contribution >= 4 is 0 Å². The first-order chi connectivity index (χ1) is 6.25. The Kier molecular flexibility index (Phi) is 3.76. The molecule has 74 valence electrons. The molecule has 1 heterocycles. The molecule has 0 aliphatic heterocycles. The third kappa shape index (κ3) is 2.73. The molecular formula is C9H17N3O. The Morgan fingerprint density at radius 2 is 2.15 bits per heavy atom. The van der Waals surface area contributed by atoms with Gasteiger partial charge in [-0.15, -0.1) is 0 Å². The van der Waals surface area contributed by atoms with Crippen LogP contribution in [0.15, 0.2) is 17.2 Å². The predicted octanol–water partition coefficient (Wildman–Crippen LogP) is 0.186. The van der Waals surface area contributed by atoms with E-state index in [2.05, 4.69) is 12.2 Å². The molecule has 0 spiro atoms. The Labute approximate surface area is 78.2 Å². The lowest BCUT2D eigenvalue weighted by Crippen LogP contribution is -2.27. The summed E-state index contributed by atoms with van der Waals surface area (Å²) < 4.78 is 3.29. The standard InChI is InChI=1S/C9H17N3O/c1-3-4-10-5-6-12-8-7-11(2)9(12)13/h7-8,10H,3-6H2,1-2H3. The molecule has 0 aliphatic carbocycles. The molecule has 0 fully saturated rings. The molecule has 1 aromatic rings. The van der Waals surface area contributed by atoms with E-state index in [1.807, 2.05) is 6.20 Å². The van der Waals surface area contributed by atoms with Gasteiger partial charge in [0.15, 0.2) is 0 Å². The molecule has 0 aromatic carbocycles. The zero-order valence-corrected chi connectivity index (χ0v) is 8.29. The van der Waals surface area contributed by atoms with Crippen LogP contribution in [-0.2, 0) is 13.6 Å². The Bertz CT molecular complexity index is 300. The van der Waals surface area contributed by atoms with E-state index in [0.29, 0.717) is 0 Å². The maximum Gasteiger partial charge on any atom is 0.327 e. The minimum Gasteiger partial charge on any atom is -0.315 e. The van der Waals surface area contributed by atoms with Gasteiger partial charge in [-0.25, -0.2) is 4.79 Å². The monoisotopic (exact) mass is 183 g/mol. The van der Waals surface area contributed by atoms with Crippen LogP contribution >= 0.6 is 0 Å². The Morgan fingerprint density at radius 3 is 2.69 bits per heavy atom. The minimum atomic E-state index is 0.0540. The van der Waals surface area contributed by atoms with E-state index in [4.69, 9.17) is 0 Å². The van der Waals surface area contributed by atoms with Crippen molar-refractivity contribution in [2.24, 2.45) is 7.05 Å². The Balaban J connectivity index is 2.37. The van der Waals surface area contributed by atoms with Gasteiger partial charge in [-0.2, -0.15) is 0 Å². The average Bonchev–Trinajstić information content (AvgIpc) is 2.43. The molecule has 0 radical (unpaired) electrons. The highest BCUT2D eigenvalue weighted by atomic mass is 16.1. The average molecular weight is 183 g/mol. The molecule has 1 rings (SSSR count). The van der Waals surface area contributed by atoms with Gasteiger partial charge in [0.05, 0.1) is 0 Å². The van der Waals surface area contributed by atoms with Crippen molar-refractivity contribution in [2.75, 3.05) is 13.1 Å². The number of hydrogen-bond donors (Lipinski definition) is 1. The highest BCUT2D eigenvalue weighted by Crippen LogP contribution is 1.81.